The molecule has 3 nitrogen and oxygen atoms in total. The molecule has 2 N–H and O–H groups in total. The highest BCUT2D eigenvalue weighted by molar-refractivity contribution is 6.31. The first-order valence-corrected chi connectivity index (χ1v) is 7.19. The van der Waals surface area contributed by atoms with E-state index in [1.54, 1.807) is 7.11 Å². The average molecular weight is 301 g/mol. The molecule has 0 amide bonds. The molecule has 0 spiro atoms. The second-order valence-corrected chi connectivity index (χ2v) is 5.48. The molecule has 0 aliphatic rings. The number of aryl methyl sites for hydroxylation is 1. The Morgan fingerprint density at radius 2 is 2.05 bits per heavy atom. The summed E-state index contributed by atoms with van der Waals surface area (Å²) in [5, 5.41) is 5.37. The number of anilines is 1. The van der Waals surface area contributed by atoms with Crippen LogP contribution < -0.4 is 10.1 Å². The molecule has 0 fully saturated rings. The Morgan fingerprint density at radius 3 is 2.81 bits per heavy atom. The quantitative estimate of drug-likeness (QED) is 0.729. The minimum atomic E-state index is 0.745. The smallest absolute Gasteiger partial charge is 0.121 e. The standard InChI is InChI=1S/C17H17ClN2O/c1-11-7-14(4-6-17(11)21-2)19-9-12-10-20-16-8-13(18)3-5-15(12)16/h3-8,10,19-20H,9H2,1-2H3. The molecule has 0 atom stereocenters. The van der Waals surface area contributed by atoms with Gasteiger partial charge in [0, 0.05) is 34.4 Å². The van der Waals surface area contributed by atoms with E-state index in [2.05, 4.69) is 16.4 Å². The number of ether oxygens (including phenoxy) is 1. The second-order valence-electron chi connectivity index (χ2n) is 5.04. The molecule has 0 saturated heterocycles. The zero-order chi connectivity index (χ0) is 14.8. The number of methoxy groups -OCH3 is 1. The molecule has 3 rings (SSSR count). The number of benzene rings is 2. The molecule has 1 heterocycles. The van der Waals surface area contributed by atoms with Gasteiger partial charge in [0.15, 0.2) is 0 Å². The van der Waals surface area contributed by atoms with Gasteiger partial charge in [-0.3, -0.25) is 0 Å². The van der Waals surface area contributed by atoms with Crippen LogP contribution in [0.15, 0.2) is 42.6 Å². The summed E-state index contributed by atoms with van der Waals surface area (Å²) in [5.41, 5.74) is 4.48. The predicted octanol–water partition coefficient (Wildman–Crippen LogP) is 4.75. The Bertz CT molecular complexity index is 780. The van der Waals surface area contributed by atoms with Crippen molar-refractivity contribution in [3.63, 3.8) is 0 Å². The first-order chi connectivity index (χ1) is 10.2. The van der Waals surface area contributed by atoms with E-state index >= 15 is 0 Å². The van der Waals surface area contributed by atoms with Crippen LogP contribution in [0.25, 0.3) is 10.9 Å². The molecule has 0 radical (unpaired) electrons. The largest absolute Gasteiger partial charge is 0.496 e. The zero-order valence-corrected chi connectivity index (χ0v) is 12.8. The zero-order valence-electron chi connectivity index (χ0n) is 12.0. The third-order valence-corrected chi connectivity index (χ3v) is 3.84. The van der Waals surface area contributed by atoms with Crippen LogP contribution in [0.2, 0.25) is 5.02 Å². The molecule has 4 heteroatoms. The molecular weight excluding hydrogens is 284 g/mol. The van der Waals surface area contributed by atoms with Gasteiger partial charge in [0.05, 0.1) is 7.11 Å². The summed E-state index contributed by atoms with van der Waals surface area (Å²) in [7, 11) is 1.69. The Hall–Kier alpha value is -2.13. The van der Waals surface area contributed by atoms with Gasteiger partial charge in [0.1, 0.15) is 5.75 Å². The number of aromatic amines is 1. The molecule has 21 heavy (non-hydrogen) atoms. The van der Waals surface area contributed by atoms with E-state index < -0.39 is 0 Å². The van der Waals surface area contributed by atoms with E-state index in [9.17, 15) is 0 Å². The van der Waals surface area contributed by atoms with Crippen LogP contribution in [-0.4, -0.2) is 12.1 Å². The fourth-order valence-electron chi connectivity index (χ4n) is 2.49. The van der Waals surface area contributed by atoms with Gasteiger partial charge in [-0.05, 0) is 48.4 Å². The van der Waals surface area contributed by atoms with Crippen LogP contribution in [-0.2, 0) is 6.54 Å². The Labute approximate surface area is 128 Å². The lowest BCUT2D eigenvalue weighted by Crippen LogP contribution is -1.99. The average Bonchev–Trinajstić information content (AvgIpc) is 2.87. The van der Waals surface area contributed by atoms with Gasteiger partial charge in [-0.25, -0.2) is 0 Å². The van der Waals surface area contributed by atoms with Crippen LogP contribution in [0.5, 0.6) is 5.75 Å². The van der Waals surface area contributed by atoms with Gasteiger partial charge in [-0.1, -0.05) is 17.7 Å². The van der Waals surface area contributed by atoms with Crippen molar-refractivity contribution in [1.29, 1.82) is 0 Å². The molecule has 0 saturated carbocycles. The molecule has 108 valence electrons. The van der Waals surface area contributed by atoms with Gasteiger partial charge in [-0.2, -0.15) is 0 Å². The molecule has 1 aromatic heterocycles. The summed E-state index contributed by atoms with van der Waals surface area (Å²) in [4.78, 5) is 3.25. The summed E-state index contributed by atoms with van der Waals surface area (Å²) in [5.74, 6) is 0.905. The summed E-state index contributed by atoms with van der Waals surface area (Å²) in [6.45, 7) is 2.80. The van der Waals surface area contributed by atoms with Crippen molar-refractivity contribution in [1.82, 2.24) is 4.98 Å². The van der Waals surface area contributed by atoms with E-state index in [1.165, 1.54) is 10.9 Å². The lowest BCUT2D eigenvalue weighted by molar-refractivity contribution is 0.412. The molecule has 0 unspecified atom stereocenters. The van der Waals surface area contributed by atoms with Gasteiger partial charge in [0.2, 0.25) is 0 Å². The third kappa shape index (κ3) is 2.83. The van der Waals surface area contributed by atoms with E-state index in [0.29, 0.717) is 0 Å². The number of nitrogens with one attached hydrogen (secondary N) is 2. The molecule has 0 aliphatic heterocycles. The summed E-state index contributed by atoms with van der Waals surface area (Å²) >= 11 is 6.00. The molecular formula is C17H17ClN2O. The van der Waals surface area contributed by atoms with Crippen LogP contribution in [0, 0.1) is 6.92 Å². The van der Waals surface area contributed by atoms with Crippen LogP contribution in [0.1, 0.15) is 11.1 Å². The van der Waals surface area contributed by atoms with E-state index in [4.69, 9.17) is 16.3 Å². The number of H-pyrrole nitrogens is 1. The maximum absolute atomic E-state index is 6.00. The normalized spacial score (nSPS) is 10.8. The fourth-order valence-corrected chi connectivity index (χ4v) is 2.66. The molecule has 0 bridgehead atoms. The van der Waals surface area contributed by atoms with Crippen molar-refractivity contribution in [3.8, 4) is 5.75 Å². The summed E-state index contributed by atoms with van der Waals surface area (Å²) < 4.78 is 5.27. The SMILES string of the molecule is COc1ccc(NCc2c[nH]c3cc(Cl)ccc23)cc1C. The Balaban J connectivity index is 1.78. The van der Waals surface area contributed by atoms with Crippen molar-refractivity contribution in [3.05, 3.63) is 58.7 Å². The number of aromatic nitrogens is 1. The van der Waals surface area contributed by atoms with Crippen molar-refractivity contribution in [2.24, 2.45) is 0 Å². The first kappa shape index (κ1) is 13.8. The third-order valence-electron chi connectivity index (χ3n) is 3.61. The van der Waals surface area contributed by atoms with Gasteiger partial charge < -0.3 is 15.0 Å². The maximum atomic E-state index is 6.00. The van der Waals surface area contributed by atoms with E-state index in [1.807, 2.05) is 43.5 Å². The van der Waals surface area contributed by atoms with Crippen molar-refractivity contribution in [2.45, 2.75) is 13.5 Å². The van der Waals surface area contributed by atoms with E-state index in [0.717, 1.165) is 34.1 Å². The van der Waals surface area contributed by atoms with Crippen molar-refractivity contribution >= 4 is 28.2 Å². The number of fused-ring (bicyclic) bond motifs is 1. The summed E-state index contributed by atoms with van der Waals surface area (Å²) in [6, 6.07) is 12.0. The minimum Gasteiger partial charge on any atom is -0.496 e. The van der Waals surface area contributed by atoms with Crippen molar-refractivity contribution < 1.29 is 4.74 Å². The topological polar surface area (TPSA) is 37.0 Å². The molecule has 2 aromatic carbocycles. The van der Waals surface area contributed by atoms with Crippen LogP contribution >= 0.6 is 11.6 Å². The lowest BCUT2D eigenvalue weighted by atomic mass is 10.1. The monoisotopic (exact) mass is 300 g/mol. The highest BCUT2D eigenvalue weighted by atomic mass is 35.5. The van der Waals surface area contributed by atoms with Gasteiger partial charge in [0.25, 0.3) is 0 Å². The minimum absolute atomic E-state index is 0.745. The predicted molar refractivity (Wildman–Crippen MR) is 88.4 cm³/mol. The van der Waals surface area contributed by atoms with Crippen LogP contribution in [0.3, 0.4) is 0 Å². The molecule has 3 aromatic rings. The number of hydrogen-bond acceptors (Lipinski definition) is 2. The van der Waals surface area contributed by atoms with Crippen LogP contribution in [0.4, 0.5) is 5.69 Å². The highest BCUT2D eigenvalue weighted by Gasteiger charge is 2.05. The number of halogens is 1. The Kier molecular flexibility index (Phi) is 3.76. The highest BCUT2D eigenvalue weighted by Crippen LogP contribution is 2.24. The maximum Gasteiger partial charge on any atom is 0.121 e. The first-order valence-electron chi connectivity index (χ1n) is 6.81. The number of hydrogen-bond donors (Lipinski definition) is 2. The van der Waals surface area contributed by atoms with E-state index in [-0.39, 0.29) is 0 Å². The number of rotatable bonds is 4. The Morgan fingerprint density at radius 1 is 1.19 bits per heavy atom. The fraction of sp³-hybridized carbons (Fsp3) is 0.176. The van der Waals surface area contributed by atoms with Gasteiger partial charge >= 0.3 is 0 Å². The second kappa shape index (κ2) is 5.70. The van der Waals surface area contributed by atoms with Crippen molar-refractivity contribution in [2.75, 3.05) is 12.4 Å². The summed E-state index contributed by atoms with van der Waals surface area (Å²) in [6.07, 6.45) is 2.02. The molecule has 0 aliphatic carbocycles. The van der Waals surface area contributed by atoms with Gasteiger partial charge in [-0.15, -0.1) is 0 Å². The lowest BCUT2D eigenvalue weighted by Gasteiger charge is -2.09.